The summed E-state index contributed by atoms with van der Waals surface area (Å²) >= 11 is 1.42. The predicted octanol–water partition coefficient (Wildman–Crippen LogP) is 5.74. The minimum absolute atomic E-state index is 0.0831. The summed E-state index contributed by atoms with van der Waals surface area (Å²) in [6.07, 6.45) is 9.12. The lowest BCUT2D eigenvalue weighted by Crippen LogP contribution is -2.43. The van der Waals surface area contributed by atoms with Gasteiger partial charge in [0.1, 0.15) is 22.6 Å². The number of ether oxygens (including phenoxy) is 2. The number of thioether (sulfide) groups is 1. The zero-order valence-electron chi connectivity index (χ0n) is 23.6. The SMILES string of the molecule is CSc1ccc(OC(F)F)c(-c2nn(C3CCCN(C(=O)OC(C)(C)C)C3)cc2NC(=O)c2cnn3cccnc23)c1. The van der Waals surface area contributed by atoms with E-state index in [2.05, 4.69) is 15.4 Å². The summed E-state index contributed by atoms with van der Waals surface area (Å²) in [6, 6.07) is 6.26. The number of likely N-dealkylation sites (tertiary alicyclic amines) is 1. The van der Waals surface area contributed by atoms with Gasteiger partial charge in [-0.2, -0.15) is 19.0 Å². The van der Waals surface area contributed by atoms with Gasteiger partial charge < -0.3 is 19.7 Å². The highest BCUT2D eigenvalue weighted by Gasteiger charge is 2.30. The van der Waals surface area contributed by atoms with Crippen molar-refractivity contribution in [3.05, 3.63) is 54.6 Å². The average molecular weight is 600 g/mol. The van der Waals surface area contributed by atoms with Crippen LogP contribution in [0.3, 0.4) is 0 Å². The molecule has 1 saturated heterocycles. The van der Waals surface area contributed by atoms with Crippen LogP contribution < -0.4 is 10.1 Å². The van der Waals surface area contributed by atoms with Gasteiger partial charge in [0.05, 0.1) is 17.9 Å². The molecule has 5 rings (SSSR count). The number of halogens is 2. The first-order valence-electron chi connectivity index (χ1n) is 13.3. The van der Waals surface area contributed by atoms with Gasteiger partial charge in [-0.1, -0.05) is 0 Å². The summed E-state index contributed by atoms with van der Waals surface area (Å²) < 4.78 is 40.3. The van der Waals surface area contributed by atoms with Crippen LogP contribution in [-0.2, 0) is 4.74 Å². The number of alkyl halides is 2. The number of anilines is 1. The van der Waals surface area contributed by atoms with Crippen LogP contribution in [0, 0.1) is 0 Å². The summed E-state index contributed by atoms with van der Waals surface area (Å²) in [4.78, 5) is 32.9. The Balaban J connectivity index is 1.54. The molecule has 1 aromatic carbocycles. The lowest BCUT2D eigenvalue weighted by molar-refractivity contribution is -0.0495. The van der Waals surface area contributed by atoms with Gasteiger partial charge in [-0.3, -0.25) is 9.48 Å². The number of rotatable bonds is 7. The van der Waals surface area contributed by atoms with Crippen molar-refractivity contribution in [2.75, 3.05) is 24.7 Å². The standard InChI is InChI=1S/C28H31F2N7O4S/c1-28(2,3)41-27(39)35-11-5-7-17(15-35)37-16-21(33-25(38)20-14-32-36-12-6-10-31-24(20)36)23(34-37)19-13-18(42-4)8-9-22(19)40-26(29)30/h6,8-10,12-14,16-17,26H,5,7,11,15H2,1-4H3,(H,33,38). The number of hydrogen-bond donors (Lipinski definition) is 1. The Labute approximate surface area is 245 Å². The van der Waals surface area contributed by atoms with E-state index in [9.17, 15) is 18.4 Å². The summed E-state index contributed by atoms with van der Waals surface area (Å²) in [5.74, 6) is -0.582. The fourth-order valence-electron chi connectivity index (χ4n) is 4.73. The molecule has 0 bridgehead atoms. The molecule has 14 heteroatoms. The minimum Gasteiger partial charge on any atom is -0.444 e. The lowest BCUT2D eigenvalue weighted by atomic mass is 10.1. The Bertz CT molecular complexity index is 1600. The molecule has 1 fully saturated rings. The fourth-order valence-corrected chi connectivity index (χ4v) is 5.17. The maximum atomic E-state index is 13.5. The molecule has 1 N–H and O–H groups in total. The average Bonchev–Trinajstić information content (AvgIpc) is 3.57. The molecule has 11 nitrogen and oxygen atoms in total. The van der Waals surface area contributed by atoms with E-state index in [1.165, 1.54) is 28.5 Å². The van der Waals surface area contributed by atoms with E-state index in [0.717, 1.165) is 4.90 Å². The molecule has 0 aliphatic carbocycles. The summed E-state index contributed by atoms with van der Waals surface area (Å²) in [7, 11) is 0. The molecule has 4 heterocycles. The molecule has 0 spiro atoms. The third-order valence-electron chi connectivity index (χ3n) is 6.58. The number of carbonyl (C=O) groups is 2. The molecule has 3 aromatic heterocycles. The Morgan fingerprint density at radius 3 is 2.79 bits per heavy atom. The van der Waals surface area contributed by atoms with Gasteiger partial charge in [0.15, 0.2) is 5.65 Å². The molecule has 1 unspecified atom stereocenters. The summed E-state index contributed by atoms with van der Waals surface area (Å²) in [5.41, 5.74) is 0.751. The lowest BCUT2D eigenvalue weighted by Gasteiger charge is -2.34. The first-order valence-corrected chi connectivity index (χ1v) is 14.5. The highest BCUT2D eigenvalue weighted by Crippen LogP contribution is 2.39. The third-order valence-corrected chi connectivity index (χ3v) is 7.31. The molecule has 1 atom stereocenters. The Hall–Kier alpha value is -4.20. The van der Waals surface area contributed by atoms with E-state index in [-0.39, 0.29) is 34.3 Å². The van der Waals surface area contributed by atoms with Crippen molar-refractivity contribution in [1.29, 1.82) is 0 Å². The predicted molar refractivity (Wildman–Crippen MR) is 153 cm³/mol. The number of carbonyl (C=O) groups excluding carboxylic acids is 2. The van der Waals surface area contributed by atoms with Gasteiger partial charge in [0, 0.05) is 42.1 Å². The van der Waals surface area contributed by atoms with Crippen LogP contribution in [0.25, 0.3) is 16.9 Å². The number of benzene rings is 1. The topological polar surface area (TPSA) is 116 Å². The van der Waals surface area contributed by atoms with Crippen molar-refractivity contribution in [3.63, 3.8) is 0 Å². The van der Waals surface area contributed by atoms with Gasteiger partial charge in [0.25, 0.3) is 5.91 Å². The Kier molecular flexibility index (Phi) is 8.34. The smallest absolute Gasteiger partial charge is 0.410 e. The number of piperidine rings is 1. The van der Waals surface area contributed by atoms with Gasteiger partial charge in [-0.25, -0.2) is 14.3 Å². The molecular weight excluding hydrogens is 568 g/mol. The zero-order valence-corrected chi connectivity index (χ0v) is 24.4. The monoisotopic (exact) mass is 599 g/mol. The van der Waals surface area contributed by atoms with Crippen molar-refractivity contribution < 1.29 is 27.8 Å². The molecule has 1 aliphatic rings. The van der Waals surface area contributed by atoms with Crippen LogP contribution in [0.15, 0.2) is 53.9 Å². The quantitative estimate of drug-likeness (QED) is 0.268. The van der Waals surface area contributed by atoms with E-state index in [1.807, 2.05) is 27.0 Å². The second kappa shape index (κ2) is 12.0. The van der Waals surface area contributed by atoms with E-state index >= 15 is 0 Å². The number of nitrogens with one attached hydrogen (secondary N) is 1. The first kappa shape index (κ1) is 29.3. The van der Waals surface area contributed by atoms with Crippen molar-refractivity contribution in [1.82, 2.24) is 29.3 Å². The van der Waals surface area contributed by atoms with Crippen LogP contribution >= 0.6 is 11.8 Å². The highest BCUT2D eigenvalue weighted by atomic mass is 32.2. The van der Waals surface area contributed by atoms with Crippen molar-refractivity contribution in [3.8, 4) is 17.0 Å². The minimum atomic E-state index is -3.06. The number of amides is 2. The molecule has 0 radical (unpaired) electrons. The molecular formula is C28H31F2N7O4S. The van der Waals surface area contributed by atoms with Crippen molar-refractivity contribution in [2.45, 2.75) is 56.8 Å². The van der Waals surface area contributed by atoms with E-state index in [0.29, 0.717) is 31.6 Å². The van der Waals surface area contributed by atoms with Gasteiger partial charge in [-0.15, -0.1) is 11.8 Å². The second-order valence-corrected chi connectivity index (χ2v) is 11.6. The van der Waals surface area contributed by atoms with Crippen molar-refractivity contribution in [2.24, 2.45) is 0 Å². The maximum absolute atomic E-state index is 13.5. The number of fused-ring (bicyclic) bond motifs is 1. The largest absolute Gasteiger partial charge is 0.444 e. The fraction of sp³-hybridized carbons (Fsp3) is 0.393. The van der Waals surface area contributed by atoms with Gasteiger partial charge in [0.2, 0.25) is 0 Å². The van der Waals surface area contributed by atoms with Crippen molar-refractivity contribution >= 4 is 35.1 Å². The molecule has 222 valence electrons. The third kappa shape index (κ3) is 6.48. The first-order chi connectivity index (χ1) is 20.0. The van der Waals surface area contributed by atoms with Crippen LogP contribution in [0.5, 0.6) is 5.75 Å². The zero-order chi connectivity index (χ0) is 30.0. The maximum Gasteiger partial charge on any atom is 0.410 e. The number of hydrogen-bond acceptors (Lipinski definition) is 8. The van der Waals surface area contributed by atoms with Gasteiger partial charge >= 0.3 is 12.7 Å². The summed E-state index contributed by atoms with van der Waals surface area (Å²) in [5, 5.41) is 11.8. The second-order valence-electron chi connectivity index (χ2n) is 10.7. The molecule has 0 saturated carbocycles. The van der Waals surface area contributed by atoms with Crippen LogP contribution in [0.2, 0.25) is 0 Å². The van der Waals surface area contributed by atoms with Gasteiger partial charge in [-0.05, 0) is 64.1 Å². The van der Waals surface area contributed by atoms with E-state index in [4.69, 9.17) is 14.6 Å². The molecule has 42 heavy (non-hydrogen) atoms. The van der Waals surface area contributed by atoms with Crippen LogP contribution in [0.1, 0.15) is 50.0 Å². The molecule has 2 amide bonds. The molecule has 4 aromatic rings. The normalized spacial score (nSPS) is 15.7. The molecule has 1 aliphatic heterocycles. The highest BCUT2D eigenvalue weighted by molar-refractivity contribution is 7.98. The number of aromatic nitrogens is 5. The Morgan fingerprint density at radius 1 is 1.24 bits per heavy atom. The summed E-state index contributed by atoms with van der Waals surface area (Å²) in [6.45, 7) is 3.22. The number of nitrogens with zero attached hydrogens (tertiary/aromatic N) is 6. The van der Waals surface area contributed by atoms with E-state index in [1.54, 1.807) is 46.4 Å². The van der Waals surface area contributed by atoms with E-state index < -0.39 is 24.2 Å². The van der Waals surface area contributed by atoms with Crippen LogP contribution in [0.4, 0.5) is 19.3 Å². The Morgan fingerprint density at radius 2 is 2.05 bits per heavy atom. The van der Waals surface area contributed by atoms with Crippen LogP contribution in [-0.4, -0.2) is 72.8 Å².